The number of carbonyl (C=O) groups excluding carboxylic acids is 1. The van der Waals surface area contributed by atoms with Gasteiger partial charge in [-0.15, -0.1) is 0 Å². The van der Waals surface area contributed by atoms with E-state index in [0.29, 0.717) is 28.1 Å². The molecule has 0 atom stereocenters. The van der Waals surface area contributed by atoms with Gasteiger partial charge in [0.1, 0.15) is 18.1 Å². The highest BCUT2D eigenvalue weighted by atomic mass is 16.5. The molecule has 0 spiro atoms. The highest BCUT2D eigenvalue weighted by Gasteiger charge is 2.20. The molecule has 3 aromatic rings. The van der Waals surface area contributed by atoms with Crippen molar-refractivity contribution < 1.29 is 28.4 Å². The fraction of sp³-hybridized carbons (Fsp3) is 0.333. The van der Waals surface area contributed by atoms with Crippen molar-refractivity contribution in [3.8, 4) is 11.3 Å². The topological polar surface area (TPSA) is 128 Å². The first-order valence-electron chi connectivity index (χ1n) is 8.29. The number of ether oxygens (including phenoxy) is 1. The van der Waals surface area contributed by atoms with Gasteiger partial charge in [0.15, 0.2) is 0 Å². The van der Waals surface area contributed by atoms with Gasteiger partial charge < -0.3 is 24.1 Å². The number of pyridine rings is 1. The number of aryl methyl sites for hydroxylation is 3. The summed E-state index contributed by atoms with van der Waals surface area (Å²) in [4.78, 5) is 27.6. The Morgan fingerprint density at radius 1 is 1.26 bits per heavy atom. The number of hydrogen-bond donors (Lipinski definition) is 2. The van der Waals surface area contributed by atoms with Crippen LogP contribution in [0.3, 0.4) is 0 Å². The van der Waals surface area contributed by atoms with Crippen LogP contribution in [0, 0.1) is 20.8 Å². The van der Waals surface area contributed by atoms with Gasteiger partial charge in [-0.1, -0.05) is 5.16 Å². The van der Waals surface area contributed by atoms with Crippen molar-refractivity contribution in [2.75, 3.05) is 19.8 Å². The van der Waals surface area contributed by atoms with Gasteiger partial charge in [-0.3, -0.25) is 4.79 Å². The van der Waals surface area contributed by atoms with E-state index in [2.05, 4.69) is 15.5 Å². The third kappa shape index (κ3) is 3.98. The molecule has 9 heteroatoms. The van der Waals surface area contributed by atoms with Crippen molar-refractivity contribution in [3.05, 3.63) is 34.9 Å². The Balaban J connectivity index is 1.89. The van der Waals surface area contributed by atoms with Crippen molar-refractivity contribution in [1.82, 2.24) is 15.5 Å². The largest absolute Gasteiger partial charge is 0.480 e. The van der Waals surface area contributed by atoms with Crippen LogP contribution in [-0.4, -0.2) is 46.9 Å². The third-order valence-electron chi connectivity index (χ3n) is 3.94. The Labute approximate surface area is 154 Å². The number of carboxylic acids is 1. The molecule has 0 bridgehead atoms. The van der Waals surface area contributed by atoms with E-state index < -0.39 is 12.6 Å². The predicted octanol–water partition coefficient (Wildman–Crippen LogP) is 2.24. The average Bonchev–Trinajstić information content (AvgIpc) is 3.15. The molecule has 0 fully saturated rings. The molecule has 3 aromatic heterocycles. The molecule has 0 radical (unpaired) electrons. The summed E-state index contributed by atoms with van der Waals surface area (Å²) in [7, 11) is 0. The Hall–Kier alpha value is -3.20. The number of fused-ring (bicyclic) bond motifs is 1. The van der Waals surface area contributed by atoms with Crippen LogP contribution in [-0.2, 0) is 9.53 Å². The number of carboxylic acid groups (broad SMARTS) is 1. The van der Waals surface area contributed by atoms with Crippen molar-refractivity contribution in [2.45, 2.75) is 20.8 Å². The SMILES string of the molecule is Cc1cc(-c2cc(C(=O)NCCOCC(=O)O)c3c(C)noc3n2)c(C)o1. The molecule has 3 rings (SSSR count). The van der Waals surface area contributed by atoms with E-state index in [-0.39, 0.29) is 24.8 Å². The molecular formula is C18H19N3O6. The van der Waals surface area contributed by atoms with Crippen molar-refractivity contribution in [1.29, 1.82) is 0 Å². The van der Waals surface area contributed by atoms with Gasteiger partial charge in [-0.25, -0.2) is 9.78 Å². The normalized spacial score (nSPS) is 11.1. The molecular weight excluding hydrogens is 354 g/mol. The Kier molecular flexibility index (Phi) is 5.22. The number of nitrogens with one attached hydrogen (secondary N) is 1. The molecule has 0 aromatic carbocycles. The molecule has 0 saturated carbocycles. The fourth-order valence-corrected chi connectivity index (χ4v) is 2.79. The van der Waals surface area contributed by atoms with Gasteiger partial charge in [0.25, 0.3) is 11.6 Å². The molecule has 142 valence electrons. The minimum Gasteiger partial charge on any atom is -0.480 e. The summed E-state index contributed by atoms with van der Waals surface area (Å²) in [6.07, 6.45) is 0. The number of furan rings is 1. The highest BCUT2D eigenvalue weighted by molar-refractivity contribution is 6.07. The molecule has 3 heterocycles. The lowest BCUT2D eigenvalue weighted by Crippen LogP contribution is -2.28. The van der Waals surface area contributed by atoms with E-state index in [1.54, 1.807) is 13.0 Å². The number of nitrogens with zero attached hydrogens (tertiary/aromatic N) is 2. The molecule has 0 unspecified atom stereocenters. The number of amides is 1. The van der Waals surface area contributed by atoms with E-state index in [1.165, 1.54) is 0 Å². The smallest absolute Gasteiger partial charge is 0.329 e. The Bertz CT molecular complexity index is 1000. The monoisotopic (exact) mass is 373 g/mol. The van der Waals surface area contributed by atoms with Gasteiger partial charge in [0.05, 0.1) is 28.9 Å². The van der Waals surface area contributed by atoms with Crippen LogP contribution in [0.1, 0.15) is 27.6 Å². The van der Waals surface area contributed by atoms with Crippen LogP contribution >= 0.6 is 0 Å². The van der Waals surface area contributed by atoms with E-state index in [4.69, 9.17) is 18.8 Å². The van der Waals surface area contributed by atoms with Crippen LogP contribution in [0.15, 0.2) is 21.1 Å². The maximum atomic E-state index is 12.7. The van der Waals surface area contributed by atoms with Gasteiger partial charge in [0, 0.05) is 12.1 Å². The summed E-state index contributed by atoms with van der Waals surface area (Å²) in [5.41, 5.74) is 2.49. The maximum Gasteiger partial charge on any atom is 0.329 e. The lowest BCUT2D eigenvalue weighted by atomic mass is 10.1. The number of aromatic nitrogens is 2. The minimum atomic E-state index is -1.06. The van der Waals surface area contributed by atoms with Crippen molar-refractivity contribution in [2.24, 2.45) is 0 Å². The molecule has 0 aliphatic heterocycles. The van der Waals surface area contributed by atoms with Crippen LogP contribution in [0.25, 0.3) is 22.4 Å². The number of hydrogen-bond acceptors (Lipinski definition) is 7. The lowest BCUT2D eigenvalue weighted by molar-refractivity contribution is -0.142. The van der Waals surface area contributed by atoms with Gasteiger partial charge in [0.2, 0.25) is 0 Å². The second-order valence-corrected chi connectivity index (χ2v) is 6.03. The minimum absolute atomic E-state index is 0.0851. The first-order valence-corrected chi connectivity index (χ1v) is 8.29. The standard InChI is InChI=1S/C18H19N3O6/c1-9-6-12(11(3)26-9)14-7-13(16-10(2)21-27-18(16)20-14)17(24)19-4-5-25-8-15(22)23/h6-7H,4-5,8H2,1-3H3,(H,19,24)(H,22,23). The molecule has 1 amide bonds. The van der Waals surface area contributed by atoms with Crippen LogP contribution in [0.5, 0.6) is 0 Å². The second-order valence-electron chi connectivity index (χ2n) is 6.03. The third-order valence-corrected chi connectivity index (χ3v) is 3.94. The van der Waals surface area contributed by atoms with Gasteiger partial charge in [-0.2, -0.15) is 0 Å². The molecule has 27 heavy (non-hydrogen) atoms. The first kappa shape index (κ1) is 18.6. The summed E-state index contributed by atoms with van der Waals surface area (Å²) >= 11 is 0. The van der Waals surface area contributed by atoms with Gasteiger partial charge >= 0.3 is 5.97 Å². The zero-order valence-electron chi connectivity index (χ0n) is 15.2. The molecule has 0 saturated heterocycles. The summed E-state index contributed by atoms with van der Waals surface area (Å²) in [5, 5.41) is 15.7. The van der Waals surface area contributed by atoms with Crippen molar-refractivity contribution >= 4 is 23.0 Å². The molecule has 9 nitrogen and oxygen atoms in total. The summed E-state index contributed by atoms with van der Waals surface area (Å²) in [6, 6.07) is 3.51. The first-order chi connectivity index (χ1) is 12.9. The number of aliphatic carboxylic acids is 1. The molecule has 0 aliphatic carbocycles. The van der Waals surface area contributed by atoms with E-state index in [0.717, 1.165) is 11.3 Å². The van der Waals surface area contributed by atoms with E-state index in [9.17, 15) is 9.59 Å². The summed E-state index contributed by atoms with van der Waals surface area (Å²) in [5.74, 6) is 0.00294. The van der Waals surface area contributed by atoms with Gasteiger partial charge in [-0.05, 0) is 32.9 Å². The Morgan fingerprint density at radius 3 is 2.70 bits per heavy atom. The summed E-state index contributed by atoms with van der Waals surface area (Å²) < 4.78 is 15.7. The zero-order valence-corrected chi connectivity index (χ0v) is 15.2. The average molecular weight is 373 g/mol. The molecule has 2 N–H and O–H groups in total. The maximum absolute atomic E-state index is 12.7. The van der Waals surface area contributed by atoms with E-state index >= 15 is 0 Å². The van der Waals surface area contributed by atoms with Crippen LogP contribution in [0.4, 0.5) is 0 Å². The number of rotatable bonds is 7. The fourth-order valence-electron chi connectivity index (χ4n) is 2.79. The zero-order chi connectivity index (χ0) is 19.6. The summed E-state index contributed by atoms with van der Waals surface area (Å²) in [6.45, 7) is 5.22. The highest BCUT2D eigenvalue weighted by Crippen LogP contribution is 2.30. The second kappa shape index (κ2) is 7.58. The number of carbonyl (C=O) groups is 2. The van der Waals surface area contributed by atoms with Crippen LogP contribution < -0.4 is 5.32 Å². The lowest BCUT2D eigenvalue weighted by Gasteiger charge is -2.08. The molecule has 0 aliphatic rings. The Morgan fingerprint density at radius 2 is 2.04 bits per heavy atom. The predicted molar refractivity (Wildman–Crippen MR) is 94.5 cm³/mol. The van der Waals surface area contributed by atoms with Crippen LogP contribution in [0.2, 0.25) is 0 Å². The quantitative estimate of drug-likeness (QED) is 0.604. The van der Waals surface area contributed by atoms with E-state index in [1.807, 2.05) is 19.9 Å². The van der Waals surface area contributed by atoms with Crippen molar-refractivity contribution in [3.63, 3.8) is 0 Å².